The van der Waals surface area contributed by atoms with Crippen molar-refractivity contribution in [2.45, 2.75) is 31.9 Å². The highest BCUT2D eigenvalue weighted by Crippen LogP contribution is 2.17. The van der Waals surface area contributed by atoms with E-state index >= 15 is 0 Å². The van der Waals surface area contributed by atoms with E-state index in [0.29, 0.717) is 17.9 Å². The standard InChI is InChI=1S/C21H26N2O3.ClH/c1-21(2,12-16-4-8-19(25-3)9-5-16)23-14-18(24)15-26-20-10-6-17(13-22)7-11-20;/h4-11,18,23-24H,12,14-15H2,1-3H3;1H/p-1. The molecule has 6 heteroatoms. The van der Waals surface area contributed by atoms with Crippen molar-refractivity contribution in [3.8, 4) is 17.6 Å². The Morgan fingerprint density at radius 2 is 1.67 bits per heavy atom. The maximum absolute atomic E-state index is 10.2. The van der Waals surface area contributed by atoms with Crippen LogP contribution in [0.1, 0.15) is 25.0 Å². The molecule has 0 aliphatic heterocycles. The number of rotatable bonds is 9. The number of ether oxygens (including phenoxy) is 2. The molecule has 0 aliphatic carbocycles. The Bertz CT molecular complexity index is 725. The first kappa shape index (κ1) is 22.8. The second-order valence-corrected chi connectivity index (χ2v) is 6.89. The third kappa shape index (κ3) is 7.88. The summed E-state index contributed by atoms with van der Waals surface area (Å²) in [6.07, 6.45) is 0.209. The minimum Gasteiger partial charge on any atom is -1.00 e. The van der Waals surface area contributed by atoms with Gasteiger partial charge in [0, 0.05) is 12.1 Å². The first-order valence-electron chi connectivity index (χ1n) is 8.61. The third-order valence-corrected chi connectivity index (χ3v) is 4.05. The zero-order valence-electron chi connectivity index (χ0n) is 15.9. The number of aliphatic hydroxyl groups excluding tert-OH is 1. The Kier molecular flexibility index (Phi) is 9.10. The molecule has 5 nitrogen and oxygen atoms in total. The molecule has 1 unspecified atom stereocenters. The summed E-state index contributed by atoms with van der Waals surface area (Å²) in [5.41, 5.74) is 1.62. The molecule has 0 spiro atoms. The van der Waals surface area contributed by atoms with E-state index in [1.165, 1.54) is 5.56 Å². The summed E-state index contributed by atoms with van der Waals surface area (Å²) in [6.45, 7) is 4.83. The molecule has 2 aromatic carbocycles. The fraction of sp³-hybridized carbons (Fsp3) is 0.381. The fourth-order valence-electron chi connectivity index (χ4n) is 2.59. The minimum absolute atomic E-state index is 0. The smallest absolute Gasteiger partial charge is 0.119 e. The van der Waals surface area contributed by atoms with E-state index in [1.807, 2.05) is 24.3 Å². The van der Waals surface area contributed by atoms with Gasteiger partial charge in [0.1, 0.15) is 24.2 Å². The molecule has 1 atom stereocenters. The van der Waals surface area contributed by atoms with Gasteiger partial charge in [-0.3, -0.25) is 0 Å². The number of nitrogens with one attached hydrogen (secondary N) is 1. The van der Waals surface area contributed by atoms with E-state index in [9.17, 15) is 5.11 Å². The van der Waals surface area contributed by atoms with Gasteiger partial charge in [-0.25, -0.2) is 0 Å². The topological polar surface area (TPSA) is 74.5 Å². The van der Waals surface area contributed by atoms with Gasteiger partial charge in [0.15, 0.2) is 0 Å². The largest absolute Gasteiger partial charge is 1.00 e. The summed E-state index contributed by atoms with van der Waals surface area (Å²) in [5, 5.41) is 22.3. The van der Waals surface area contributed by atoms with Crippen molar-refractivity contribution in [3.63, 3.8) is 0 Å². The molecule has 0 saturated carbocycles. The van der Waals surface area contributed by atoms with Gasteiger partial charge in [0.2, 0.25) is 0 Å². The van der Waals surface area contributed by atoms with Gasteiger partial charge in [-0.05, 0) is 62.2 Å². The summed E-state index contributed by atoms with van der Waals surface area (Å²) >= 11 is 0. The van der Waals surface area contributed by atoms with E-state index in [0.717, 1.165) is 12.2 Å². The number of hydrogen-bond donors (Lipinski definition) is 2. The van der Waals surface area contributed by atoms with Crippen LogP contribution in [0.25, 0.3) is 0 Å². The Labute approximate surface area is 167 Å². The number of halogens is 1. The van der Waals surface area contributed by atoms with Crippen molar-refractivity contribution < 1.29 is 27.0 Å². The Morgan fingerprint density at radius 1 is 1.07 bits per heavy atom. The van der Waals surface area contributed by atoms with Crippen LogP contribution in [0.15, 0.2) is 48.5 Å². The van der Waals surface area contributed by atoms with Crippen LogP contribution in [0.3, 0.4) is 0 Å². The predicted octanol–water partition coefficient (Wildman–Crippen LogP) is -0.0785. The molecular formula is C21H26ClN2O3-. The molecular weight excluding hydrogens is 364 g/mol. The molecule has 0 saturated heterocycles. The van der Waals surface area contributed by atoms with E-state index in [2.05, 4.69) is 25.2 Å². The van der Waals surface area contributed by atoms with Gasteiger partial charge < -0.3 is 32.3 Å². The van der Waals surface area contributed by atoms with Crippen LogP contribution in [0.4, 0.5) is 0 Å². The number of methoxy groups -OCH3 is 1. The quantitative estimate of drug-likeness (QED) is 0.627. The maximum atomic E-state index is 10.2. The second kappa shape index (κ2) is 10.8. The Hall–Kier alpha value is -2.26. The van der Waals surface area contributed by atoms with Crippen molar-refractivity contribution in [1.29, 1.82) is 5.26 Å². The van der Waals surface area contributed by atoms with Gasteiger partial charge >= 0.3 is 0 Å². The molecule has 2 rings (SSSR count). The van der Waals surface area contributed by atoms with Crippen molar-refractivity contribution >= 4 is 0 Å². The molecule has 0 aliphatic rings. The van der Waals surface area contributed by atoms with Gasteiger partial charge in [-0.2, -0.15) is 5.26 Å². The van der Waals surface area contributed by atoms with Crippen molar-refractivity contribution in [2.75, 3.05) is 20.3 Å². The Balaban J connectivity index is 0.00000364. The lowest BCUT2D eigenvalue weighted by Gasteiger charge is -2.28. The normalized spacial score (nSPS) is 11.8. The lowest BCUT2D eigenvalue weighted by molar-refractivity contribution is -0.00000802. The van der Waals surface area contributed by atoms with Gasteiger partial charge in [0.05, 0.1) is 18.7 Å². The van der Waals surface area contributed by atoms with Crippen LogP contribution in [0, 0.1) is 11.3 Å². The van der Waals surface area contributed by atoms with Gasteiger partial charge in [-0.1, -0.05) is 12.1 Å². The summed E-state index contributed by atoms with van der Waals surface area (Å²) in [4.78, 5) is 0. The van der Waals surface area contributed by atoms with Crippen LogP contribution >= 0.6 is 0 Å². The summed E-state index contributed by atoms with van der Waals surface area (Å²) in [7, 11) is 1.65. The summed E-state index contributed by atoms with van der Waals surface area (Å²) in [6, 6.07) is 16.9. The lowest BCUT2D eigenvalue weighted by atomic mass is 9.94. The fourth-order valence-corrected chi connectivity index (χ4v) is 2.59. The van der Waals surface area contributed by atoms with Crippen molar-refractivity contribution in [1.82, 2.24) is 5.32 Å². The number of nitrogens with zero attached hydrogens (tertiary/aromatic N) is 1. The van der Waals surface area contributed by atoms with E-state index in [1.54, 1.807) is 31.4 Å². The molecule has 2 aromatic rings. The third-order valence-electron chi connectivity index (χ3n) is 4.05. The number of β-amino-alcohol motifs (C(OH)–C–C–N with tert-alkyl or cyclic N) is 1. The SMILES string of the molecule is COc1ccc(CC(C)(C)NCC(O)COc2ccc(C#N)cc2)cc1.[Cl-]. The van der Waals surface area contributed by atoms with Crippen LogP contribution in [-0.2, 0) is 6.42 Å². The predicted molar refractivity (Wildman–Crippen MR) is 101 cm³/mol. The lowest BCUT2D eigenvalue weighted by Crippen LogP contribution is -3.00. The van der Waals surface area contributed by atoms with Crippen molar-refractivity contribution in [2.24, 2.45) is 0 Å². The number of aliphatic hydroxyl groups is 1. The Morgan fingerprint density at radius 3 is 2.22 bits per heavy atom. The number of hydrogen-bond acceptors (Lipinski definition) is 5. The van der Waals surface area contributed by atoms with Gasteiger partial charge in [-0.15, -0.1) is 0 Å². The van der Waals surface area contributed by atoms with E-state index < -0.39 is 6.10 Å². The maximum Gasteiger partial charge on any atom is 0.119 e. The number of nitriles is 1. The van der Waals surface area contributed by atoms with Crippen LogP contribution in [0.5, 0.6) is 11.5 Å². The highest BCUT2D eigenvalue weighted by atomic mass is 35.5. The molecule has 0 bridgehead atoms. The first-order valence-corrected chi connectivity index (χ1v) is 8.61. The minimum atomic E-state index is -0.624. The summed E-state index contributed by atoms with van der Waals surface area (Å²) in [5.74, 6) is 1.48. The molecule has 27 heavy (non-hydrogen) atoms. The molecule has 146 valence electrons. The monoisotopic (exact) mass is 389 g/mol. The van der Waals surface area contributed by atoms with Crippen LogP contribution < -0.4 is 27.2 Å². The first-order chi connectivity index (χ1) is 12.4. The molecule has 0 radical (unpaired) electrons. The molecule has 0 aromatic heterocycles. The van der Waals surface area contributed by atoms with Gasteiger partial charge in [0.25, 0.3) is 0 Å². The molecule has 0 amide bonds. The highest BCUT2D eigenvalue weighted by molar-refractivity contribution is 5.34. The summed E-state index contributed by atoms with van der Waals surface area (Å²) < 4.78 is 10.7. The zero-order valence-corrected chi connectivity index (χ0v) is 16.7. The molecule has 0 heterocycles. The van der Waals surface area contributed by atoms with Crippen molar-refractivity contribution in [3.05, 3.63) is 59.7 Å². The highest BCUT2D eigenvalue weighted by Gasteiger charge is 2.19. The molecule has 2 N–H and O–H groups in total. The molecule has 0 fully saturated rings. The average Bonchev–Trinajstić information content (AvgIpc) is 2.65. The second-order valence-electron chi connectivity index (χ2n) is 6.89. The zero-order chi connectivity index (χ0) is 19.0. The van der Waals surface area contributed by atoms with E-state index in [4.69, 9.17) is 14.7 Å². The average molecular weight is 390 g/mol. The van der Waals surface area contributed by atoms with E-state index in [-0.39, 0.29) is 24.6 Å². The van der Waals surface area contributed by atoms with Crippen LogP contribution in [-0.4, -0.2) is 37.0 Å². The number of benzene rings is 2. The van der Waals surface area contributed by atoms with Crippen LogP contribution in [0.2, 0.25) is 0 Å².